The van der Waals surface area contributed by atoms with E-state index in [1.807, 2.05) is 78.1 Å². The summed E-state index contributed by atoms with van der Waals surface area (Å²) in [7, 11) is 1.89. The molecule has 1 aromatic heterocycles. The first-order valence-corrected chi connectivity index (χ1v) is 7.03. The second kappa shape index (κ2) is 10.2. The largest absolute Gasteiger partial charge is 0.478 e. The molecule has 1 heterocycles. The summed E-state index contributed by atoms with van der Waals surface area (Å²) in [6.07, 6.45) is 0. The molecule has 0 aliphatic carbocycles. The van der Waals surface area contributed by atoms with E-state index in [4.69, 9.17) is 4.74 Å². The maximum atomic E-state index is 5.44. The minimum Gasteiger partial charge on any atom is -0.478 e. The van der Waals surface area contributed by atoms with Crippen LogP contribution in [0.5, 0.6) is 5.88 Å². The van der Waals surface area contributed by atoms with Crippen molar-refractivity contribution in [2.75, 3.05) is 6.61 Å². The fraction of sp³-hybridized carbons (Fsp3) is 0.438. The first-order valence-electron chi connectivity index (χ1n) is 7.03. The number of aryl methyl sites for hydroxylation is 1. The first-order chi connectivity index (χ1) is 9.31. The van der Waals surface area contributed by atoms with Gasteiger partial charge < -0.3 is 4.74 Å². The minimum atomic E-state index is 0.660. The molecule has 0 N–H and O–H groups in total. The van der Waals surface area contributed by atoms with Gasteiger partial charge in [0.1, 0.15) is 0 Å². The van der Waals surface area contributed by atoms with Gasteiger partial charge in [-0.05, 0) is 6.92 Å². The molecule has 0 amide bonds. The lowest BCUT2D eigenvalue weighted by Crippen LogP contribution is -1.98. The molecule has 106 valence electrons. The molecule has 0 atom stereocenters. The summed E-state index contributed by atoms with van der Waals surface area (Å²) in [4.78, 5) is 0. The summed E-state index contributed by atoms with van der Waals surface area (Å²) < 4.78 is 7.20. The normalized spacial score (nSPS) is 8.74. The Morgan fingerprint density at radius 2 is 1.63 bits per heavy atom. The molecule has 2 aromatic rings. The van der Waals surface area contributed by atoms with Gasteiger partial charge in [-0.25, -0.2) is 4.68 Å². The van der Waals surface area contributed by atoms with Gasteiger partial charge in [0.05, 0.1) is 12.3 Å². The van der Waals surface area contributed by atoms with Gasteiger partial charge >= 0.3 is 0 Å². The number of nitrogens with zero attached hydrogens (tertiary/aromatic N) is 2. The summed E-state index contributed by atoms with van der Waals surface area (Å²) in [6, 6.07) is 12.0. The van der Waals surface area contributed by atoms with Crippen LogP contribution < -0.4 is 4.74 Å². The molecule has 0 unspecified atom stereocenters. The lowest BCUT2D eigenvalue weighted by atomic mass is 10.2. The van der Waals surface area contributed by atoms with Crippen LogP contribution in [-0.2, 0) is 7.05 Å². The van der Waals surface area contributed by atoms with Crippen molar-refractivity contribution in [3.63, 3.8) is 0 Å². The van der Waals surface area contributed by atoms with Crippen LogP contribution in [0.3, 0.4) is 0 Å². The van der Waals surface area contributed by atoms with E-state index in [2.05, 4.69) is 5.10 Å². The van der Waals surface area contributed by atoms with E-state index in [0.29, 0.717) is 6.61 Å². The van der Waals surface area contributed by atoms with Crippen LogP contribution in [0, 0.1) is 0 Å². The van der Waals surface area contributed by atoms with Crippen LogP contribution in [0.2, 0.25) is 0 Å². The molecule has 0 bridgehead atoms. The average molecular weight is 262 g/mol. The van der Waals surface area contributed by atoms with Gasteiger partial charge in [0, 0.05) is 18.7 Å². The Hall–Kier alpha value is -1.77. The number of benzene rings is 1. The number of aromatic nitrogens is 2. The van der Waals surface area contributed by atoms with Gasteiger partial charge in [0.15, 0.2) is 0 Å². The van der Waals surface area contributed by atoms with Crippen molar-refractivity contribution in [3.05, 3.63) is 36.4 Å². The van der Waals surface area contributed by atoms with Gasteiger partial charge in [-0.15, -0.1) is 0 Å². The molecular weight excluding hydrogens is 236 g/mol. The molecule has 19 heavy (non-hydrogen) atoms. The highest BCUT2D eigenvalue weighted by Crippen LogP contribution is 2.22. The van der Waals surface area contributed by atoms with Gasteiger partial charge in [0.25, 0.3) is 0 Å². The third-order valence-corrected chi connectivity index (χ3v) is 2.20. The molecule has 0 aliphatic rings. The van der Waals surface area contributed by atoms with E-state index in [9.17, 15) is 0 Å². The van der Waals surface area contributed by atoms with Crippen molar-refractivity contribution in [1.82, 2.24) is 9.78 Å². The van der Waals surface area contributed by atoms with Crippen LogP contribution in [0.15, 0.2) is 36.4 Å². The lowest BCUT2D eigenvalue weighted by molar-refractivity contribution is 0.309. The maximum Gasteiger partial charge on any atom is 0.212 e. The zero-order valence-electron chi connectivity index (χ0n) is 13.0. The third-order valence-electron chi connectivity index (χ3n) is 2.20. The molecule has 2 rings (SSSR count). The van der Waals surface area contributed by atoms with Crippen molar-refractivity contribution in [2.24, 2.45) is 7.05 Å². The minimum absolute atomic E-state index is 0.660. The predicted molar refractivity (Wildman–Crippen MR) is 82.5 cm³/mol. The Labute approximate surface area is 117 Å². The Morgan fingerprint density at radius 1 is 1.05 bits per heavy atom. The Balaban J connectivity index is 0.000000741. The van der Waals surface area contributed by atoms with Crippen molar-refractivity contribution in [1.29, 1.82) is 0 Å². The van der Waals surface area contributed by atoms with Crippen molar-refractivity contribution in [2.45, 2.75) is 34.6 Å². The highest BCUT2D eigenvalue weighted by Gasteiger charge is 2.06. The number of ether oxygens (including phenoxy) is 1. The number of hydrogen-bond acceptors (Lipinski definition) is 2. The number of hydrogen-bond donors (Lipinski definition) is 0. The molecule has 0 radical (unpaired) electrons. The van der Waals surface area contributed by atoms with E-state index in [1.54, 1.807) is 4.68 Å². The molecule has 3 nitrogen and oxygen atoms in total. The zero-order valence-corrected chi connectivity index (χ0v) is 13.0. The lowest BCUT2D eigenvalue weighted by Gasteiger charge is -1.99. The van der Waals surface area contributed by atoms with Crippen LogP contribution >= 0.6 is 0 Å². The highest BCUT2D eigenvalue weighted by atomic mass is 16.5. The molecule has 0 spiro atoms. The van der Waals surface area contributed by atoms with Gasteiger partial charge in [-0.1, -0.05) is 58.0 Å². The van der Waals surface area contributed by atoms with E-state index >= 15 is 0 Å². The molecule has 0 saturated carbocycles. The first kappa shape index (κ1) is 17.2. The second-order valence-corrected chi connectivity index (χ2v) is 3.29. The summed E-state index contributed by atoms with van der Waals surface area (Å²) in [6.45, 7) is 10.6. The third kappa shape index (κ3) is 5.16. The van der Waals surface area contributed by atoms with Gasteiger partial charge in [0.2, 0.25) is 5.88 Å². The fourth-order valence-electron chi connectivity index (χ4n) is 1.48. The fourth-order valence-corrected chi connectivity index (χ4v) is 1.48. The molecule has 0 saturated heterocycles. The number of rotatable bonds is 3. The molecule has 0 fully saturated rings. The maximum absolute atomic E-state index is 5.44. The summed E-state index contributed by atoms with van der Waals surface area (Å²) in [5, 5.41) is 4.39. The highest BCUT2D eigenvalue weighted by molar-refractivity contribution is 5.59. The van der Waals surface area contributed by atoms with Crippen LogP contribution in [-0.4, -0.2) is 16.4 Å². The van der Waals surface area contributed by atoms with E-state index < -0.39 is 0 Å². The van der Waals surface area contributed by atoms with E-state index in [1.165, 1.54) is 0 Å². The van der Waals surface area contributed by atoms with Crippen molar-refractivity contribution < 1.29 is 4.74 Å². The smallest absolute Gasteiger partial charge is 0.212 e. The molecule has 0 aliphatic heterocycles. The van der Waals surface area contributed by atoms with Crippen LogP contribution in [0.25, 0.3) is 11.3 Å². The molecular formula is C16H26N2O. The average Bonchev–Trinajstić information content (AvgIpc) is 2.86. The summed E-state index contributed by atoms with van der Waals surface area (Å²) >= 11 is 0. The van der Waals surface area contributed by atoms with E-state index in [-0.39, 0.29) is 0 Å². The Morgan fingerprint density at radius 3 is 2.16 bits per heavy atom. The summed E-state index contributed by atoms with van der Waals surface area (Å²) in [5.74, 6) is 0.802. The standard InChI is InChI=1S/C12H14N2O.2C2H6/c1-3-15-12-9-11(13-14(12)2)10-7-5-4-6-8-10;2*1-2/h4-9H,3H2,1-2H3;2*1-2H3. The van der Waals surface area contributed by atoms with Gasteiger partial charge in [-0.3, -0.25) is 0 Å². The quantitative estimate of drug-likeness (QED) is 0.812. The monoisotopic (exact) mass is 262 g/mol. The molecule has 3 heteroatoms. The van der Waals surface area contributed by atoms with Gasteiger partial charge in [-0.2, -0.15) is 5.10 Å². The Kier molecular flexibility index (Phi) is 9.23. The van der Waals surface area contributed by atoms with E-state index in [0.717, 1.165) is 17.1 Å². The zero-order chi connectivity index (χ0) is 14.7. The predicted octanol–water partition coefficient (Wildman–Crippen LogP) is 4.54. The summed E-state index contributed by atoms with van der Waals surface area (Å²) in [5.41, 5.74) is 2.06. The van der Waals surface area contributed by atoms with Crippen LogP contribution in [0.1, 0.15) is 34.6 Å². The van der Waals surface area contributed by atoms with Crippen LogP contribution in [0.4, 0.5) is 0 Å². The van der Waals surface area contributed by atoms with Crippen molar-refractivity contribution >= 4 is 0 Å². The molecule has 1 aromatic carbocycles. The SMILES string of the molecule is CC.CC.CCOc1cc(-c2ccccc2)nn1C. The Bertz CT molecular complexity index is 435. The second-order valence-electron chi connectivity index (χ2n) is 3.29. The topological polar surface area (TPSA) is 27.1 Å². The van der Waals surface area contributed by atoms with Crippen molar-refractivity contribution in [3.8, 4) is 17.1 Å².